The third-order valence-corrected chi connectivity index (χ3v) is 3.99. The van der Waals surface area contributed by atoms with E-state index >= 15 is 0 Å². The number of allylic oxidation sites excluding steroid dienone is 1. The van der Waals surface area contributed by atoms with Crippen LogP contribution in [0.3, 0.4) is 0 Å². The Morgan fingerprint density at radius 3 is 2.37 bits per heavy atom. The number of hydrogen-bond donors (Lipinski definition) is 0. The summed E-state index contributed by atoms with van der Waals surface area (Å²) >= 11 is 0. The van der Waals surface area contributed by atoms with E-state index in [1.165, 1.54) is 50.5 Å². The number of hydrogen-bond acceptors (Lipinski definition) is 0. The molecule has 1 rings (SSSR count). The fraction of sp³-hybridized carbons (Fsp3) is 0.579. The lowest BCUT2D eigenvalue weighted by Crippen LogP contribution is -2.19. The van der Waals surface area contributed by atoms with Crippen LogP contribution in [-0.2, 0) is 6.42 Å². The molecule has 0 aliphatic heterocycles. The van der Waals surface area contributed by atoms with E-state index in [2.05, 4.69) is 56.8 Å². The van der Waals surface area contributed by atoms with Crippen LogP contribution < -0.4 is 0 Å². The van der Waals surface area contributed by atoms with E-state index in [4.69, 9.17) is 0 Å². The Morgan fingerprint density at radius 1 is 1.05 bits per heavy atom. The van der Waals surface area contributed by atoms with Gasteiger partial charge in [0.1, 0.15) is 0 Å². The average Bonchev–Trinajstić information content (AvgIpc) is 2.40. The van der Waals surface area contributed by atoms with Crippen LogP contribution in [0.1, 0.15) is 64.4 Å². The molecule has 0 aliphatic carbocycles. The van der Waals surface area contributed by atoms with Crippen molar-refractivity contribution in [1.29, 1.82) is 0 Å². The van der Waals surface area contributed by atoms with Gasteiger partial charge in [-0.2, -0.15) is 0 Å². The molecule has 19 heavy (non-hydrogen) atoms. The normalized spacial score (nSPS) is 14.0. The van der Waals surface area contributed by atoms with Crippen molar-refractivity contribution in [2.45, 2.75) is 65.2 Å². The van der Waals surface area contributed by atoms with Crippen molar-refractivity contribution in [3.63, 3.8) is 0 Å². The van der Waals surface area contributed by atoms with Gasteiger partial charge in [0.05, 0.1) is 0 Å². The first-order chi connectivity index (χ1) is 9.20. The third-order valence-electron chi connectivity index (χ3n) is 3.99. The zero-order chi connectivity index (χ0) is 14.0. The predicted molar refractivity (Wildman–Crippen MR) is 86.4 cm³/mol. The minimum Gasteiger partial charge on any atom is -0.103 e. The summed E-state index contributed by atoms with van der Waals surface area (Å²) in [7, 11) is 0. The molecule has 0 radical (unpaired) electrons. The first-order valence-electron chi connectivity index (χ1n) is 7.85. The van der Waals surface area contributed by atoms with Crippen LogP contribution in [0.25, 0.3) is 0 Å². The van der Waals surface area contributed by atoms with Gasteiger partial charge in [0.2, 0.25) is 0 Å². The summed E-state index contributed by atoms with van der Waals surface area (Å²) in [5, 5.41) is 0. The fourth-order valence-electron chi connectivity index (χ4n) is 2.86. The van der Waals surface area contributed by atoms with Crippen molar-refractivity contribution in [2.75, 3.05) is 0 Å². The van der Waals surface area contributed by atoms with Gasteiger partial charge >= 0.3 is 0 Å². The van der Waals surface area contributed by atoms with Crippen molar-refractivity contribution in [3.8, 4) is 0 Å². The van der Waals surface area contributed by atoms with Gasteiger partial charge in [0.25, 0.3) is 0 Å². The van der Waals surface area contributed by atoms with E-state index in [9.17, 15) is 0 Å². The second kappa shape index (κ2) is 8.96. The van der Waals surface area contributed by atoms with Gasteiger partial charge in [-0.05, 0) is 30.2 Å². The highest BCUT2D eigenvalue weighted by Gasteiger charge is 2.22. The Bertz CT molecular complexity index is 338. The van der Waals surface area contributed by atoms with E-state index in [1.807, 2.05) is 0 Å². The molecule has 0 saturated carbocycles. The fourth-order valence-corrected chi connectivity index (χ4v) is 2.86. The van der Waals surface area contributed by atoms with E-state index in [1.54, 1.807) is 0 Å². The Balaban J connectivity index is 2.46. The quantitative estimate of drug-likeness (QED) is 0.347. The molecule has 1 atom stereocenters. The van der Waals surface area contributed by atoms with Crippen LogP contribution in [0, 0.1) is 5.41 Å². The lowest BCUT2D eigenvalue weighted by molar-refractivity contribution is 0.285. The molecule has 0 heteroatoms. The zero-order valence-electron chi connectivity index (χ0n) is 12.8. The Hall–Kier alpha value is -1.04. The number of unbranched alkanes of at least 4 members (excludes halogenated alkanes) is 4. The second-order valence-electron chi connectivity index (χ2n) is 6.13. The second-order valence-corrected chi connectivity index (χ2v) is 6.13. The van der Waals surface area contributed by atoms with Crippen LogP contribution in [0.15, 0.2) is 43.0 Å². The van der Waals surface area contributed by atoms with Gasteiger partial charge in [0, 0.05) is 0 Å². The van der Waals surface area contributed by atoms with Gasteiger partial charge < -0.3 is 0 Å². The minimum absolute atomic E-state index is 0.384. The molecule has 0 heterocycles. The van der Waals surface area contributed by atoms with Gasteiger partial charge in [0.15, 0.2) is 0 Å². The highest BCUT2D eigenvalue weighted by Crippen LogP contribution is 2.33. The molecule has 0 aromatic heterocycles. The van der Waals surface area contributed by atoms with Crippen LogP contribution >= 0.6 is 0 Å². The van der Waals surface area contributed by atoms with E-state index < -0.39 is 0 Å². The molecular weight excluding hydrogens is 228 g/mol. The van der Waals surface area contributed by atoms with Crippen LogP contribution in [0.4, 0.5) is 0 Å². The van der Waals surface area contributed by atoms with Crippen LogP contribution in [0.2, 0.25) is 0 Å². The number of rotatable bonds is 10. The SMILES string of the molecule is C=CCC(C)(CCCCCCC)Cc1ccccc1. The monoisotopic (exact) mass is 258 g/mol. The molecule has 0 bridgehead atoms. The van der Waals surface area contributed by atoms with Crippen molar-refractivity contribution >= 4 is 0 Å². The molecule has 0 spiro atoms. The number of benzene rings is 1. The lowest BCUT2D eigenvalue weighted by atomic mass is 9.76. The summed E-state index contributed by atoms with van der Waals surface area (Å²) in [6, 6.07) is 10.9. The van der Waals surface area contributed by atoms with Gasteiger partial charge in [-0.3, -0.25) is 0 Å². The van der Waals surface area contributed by atoms with E-state index in [-0.39, 0.29) is 0 Å². The van der Waals surface area contributed by atoms with Crippen molar-refractivity contribution < 1.29 is 0 Å². The molecule has 1 aromatic carbocycles. The zero-order valence-corrected chi connectivity index (χ0v) is 12.8. The lowest BCUT2D eigenvalue weighted by Gasteiger charge is -2.29. The van der Waals surface area contributed by atoms with Crippen molar-refractivity contribution in [1.82, 2.24) is 0 Å². The van der Waals surface area contributed by atoms with Crippen molar-refractivity contribution in [2.24, 2.45) is 5.41 Å². The minimum atomic E-state index is 0.384. The first-order valence-corrected chi connectivity index (χ1v) is 7.85. The maximum absolute atomic E-state index is 3.94. The third kappa shape index (κ3) is 6.61. The van der Waals surface area contributed by atoms with Crippen LogP contribution in [0.5, 0.6) is 0 Å². The maximum Gasteiger partial charge on any atom is -0.0222 e. The molecule has 0 saturated heterocycles. The van der Waals surface area contributed by atoms with Gasteiger partial charge in [-0.15, -0.1) is 6.58 Å². The summed E-state index contributed by atoms with van der Waals surface area (Å²) in [4.78, 5) is 0. The smallest absolute Gasteiger partial charge is 0.0222 e. The highest BCUT2D eigenvalue weighted by molar-refractivity contribution is 5.16. The summed E-state index contributed by atoms with van der Waals surface area (Å²) < 4.78 is 0. The molecule has 1 unspecified atom stereocenters. The molecule has 0 N–H and O–H groups in total. The first kappa shape index (κ1) is 16.0. The Kier molecular flexibility index (Phi) is 7.55. The average molecular weight is 258 g/mol. The summed E-state index contributed by atoms with van der Waals surface area (Å²) in [6.07, 6.45) is 12.6. The molecule has 0 nitrogen and oxygen atoms in total. The topological polar surface area (TPSA) is 0 Å². The Labute approximate surface area is 119 Å². The summed E-state index contributed by atoms with van der Waals surface area (Å²) in [5.74, 6) is 0. The van der Waals surface area contributed by atoms with E-state index in [0.29, 0.717) is 5.41 Å². The highest BCUT2D eigenvalue weighted by atomic mass is 14.3. The predicted octanol–water partition coefficient (Wildman–Crippen LogP) is 6.17. The standard InChI is InChI=1S/C19H30/c1-4-6-7-8-12-16-19(3,15-5-2)17-18-13-10-9-11-14-18/h5,9-11,13-14H,2,4,6-8,12,15-17H2,1,3H3. The molecule has 0 fully saturated rings. The maximum atomic E-state index is 3.94. The largest absolute Gasteiger partial charge is 0.103 e. The summed E-state index contributed by atoms with van der Waals surface area (Å²) in [5.41, 5.74) is 1.84. The molecule has 0 aliphatic rings. The van der Waals surface area contributed by atoms with Crippen molar-refractivity contribution in [3.05, 3.63) is 48.6 Å². The molecule has 106 valence electrons. The van der Waals surface area contributed by atoms with E-state index in [0.717, 1.165) is 6.42 Å². The molecule has 1 aromatic rings. The van der Waals surface area contributed by atoms with Gasteiger partial charge in [-0.25, -0.2) is 0 Å². The molecule has 0 amide bonds. The summed E-state index contributed by atoms with van der Waals surface area (Å²) in [6.45, 7) is 8.64. The van der Waals surface area contributed by atoms with Crippen LogP contribution in [-0.4, -0.2) is 0 Å². The van der Waals surface area contributed by atoms with Gasteiger partial charge in [-0.1, -0.05) is 82.4 Å². The Morgan fingerprint density at radius 2 is 1.74 bits per heavy atom. The molecular formula is C19H30.